The minimum atomic E-state index is -0.359. The van der Waals surface area contributed by atoms with Crippen molar-refractivity contribution in [2.45, 2.75) is 0 Å². The molecule has 0 aliphatic heterocycles. The van der Waals surface area contributed by atoms with Gasteiger partial charge in [0.05, 0.1) is 17.8 Å². The molecule has 0 fully saturated rings. The third kappa shape index (κ3) is 5.40. The fraction of sp³-hybridized carbons (Fsp3) is 0.143. The van der Waals surface area contributed by atoms with Gasteiger partial charge in [-0.3, -0.25) is 9.59 Å². The number of anilines is 1. The second kappa shape index (κ2) is 9.62. The van der Waals surface area contributed by atoms with E-state index in [0.717, 1.165) is 0 Å². The lowest BCUT2D eigenvalue weighted by molar-refractivity contribution is 0.0947. The largest absolute Gasteiger partial charge is 0.492 e. The van der Waals surface area contributed by atoms with Crippen molar-refractivity contribution in [3.63, 3.8) is 0 Å². The highest BCUT2D eigenvalue weighted by Gasteiger charge is 2.21. The molecule has 29 heavy (non-hydrogen) atoms. The summed E-state index contributed by atoms with van der Waals surface area (Å²) in [7, 11) is 1.59. The first-order valence-electron chi connectivity index (χ1n) is 8.74. The third-order valence-electron chi connectivity index (χ3n) is 4.07. The SMILES string of the molecule is CN(C(=O)c1ccc(Br)o1)c1ccccc1C(=O)NCCOc1ccc(Cl)cc1. The molecule has 0 aliphatic carbocycles. The van der Waals surface area contributed by atoms with E-state index in [4.69, 9.17) is 20.8 Å². The predicted molar refractivity (Wildman–Crippen MR) is 115 cm³/mol. The average molecular weight is 478 g/mol. The second-order valence-corrected chi connectivity index (χ2v) is 7.26. The number of benzene rings is 2. The first-order valence-corrected chi connectivity index (χ1v) is 9.92. The first kappa shape index (κ1) is 21.0. The number of furan rings is 1. The first-order chi connectivity index (χ1) is 14.0. The maximum absolute atomic E-state index is 12.6. The molecule has 1 aromatic heterocycles. The summed E-state index contributed by atoms with van der Waals surface area (Å²) < 4.78 is 11.3. The van der Waals surface area contributed by atoms with Gasteiger partial charge in [0, 0.05) is 12.1 Å². The summed E-state index contributed by atoms with van der Waals surface area (Å²) in [6, 6.07) is 17.1. The van der Waals surface area contributed by atoms with Crippen molar-refractivity contribution >= 4 is 45.0 Å². The molecule has 0 atom stereocenters. The van der Waals surface area contributed by atoms with Gasteiger partial charge in [-0.2, -0.15) is 0 Å². The van der Waals surface area contributed by atoms with Crippen LogP contribution in [-0.2, 0) is 0 Å². The predicted octanol–water partition coefficient (Wildman–Crippen LogP) is 4.78. The summed E-state index contributed by atoms with van der Waals surface area (Å²) in [5.74, 6) is 0.174. The lowest BCUT2D eigenvalue weighted by atomic mass is 10.1. The van der Waals surface area contributed by atoms with Crippen LogP contribution in [0.4, 0.5) is 5.69 Å². The maximum Gasteiger partial charge on any atom is 0.293 e. The molecule has 0 aliphatic rings. The number of hydrogen-bond donors (Lipinski definition) is 1. The van der Waals surface area contributed by atoms with Crippen molar-refractivity contribution in [3.05, 3.63) is 81.7 Å². The number of amides is 2. The Bertz CT molecular complexity index is 1000. The van der Waals surface area contributed by atoms with E-state index in [-0.39, 0.29) is 17.6 Å². The van der Waals surface area contributed by atoms with Crippen LogP contribution >= 0.6 is 27.5 Å². The molecule has 0 unspecified atom stereocenters. The Hall–Kier alpha value is -2.77. The fourth-order valence-electron chi connectivity index (χ4n) is 2.62. The minimum Gasteiger partial charge on any atom is -0.492 e. The average Bonchev–Trinajstić information content (AvgIpc) is 3.17. The molecular weight excluding hydrogens is 460 g/mol. The van der Waals surface area contributed by atoms with E-state index in [9.17, 15) is 9.59 Å². The molecule has 1 N–H and O–H groups in total. The van der Waals surface area contributed by atoms with Gasteiger partial charge in [-0.05, 0) is 64.5 Å². The van der Waals surface area contributed by atoms with Crippen LogP contribution in [0.15, 0.2) is 69.8 Å². The summed E-state index contributed by atoms with van der Waals surface area (Å²) in [4.78, 5) is 26.6. The fourth-order valence-corrected chi connectivity index (χ4v) is 3.05. The molecule has 0 saturated carbocycles. The van der Waals surface area contributed by atoms with Crippen molar-refractivity contribution in [2.75, 3.05) is 25.1 Å². The summed E-state index contributed by atoms with van der Waals surface area (Å²) >= 11 is 9.02. The third-order valence-corrected chi connectivity index (χ3v) is 4.75. The van der Waals surface area contributed by atoms with E-state index in [2.05, 4.69) is 21.2 Å². The zero-order valence-electron chi connectivity index (χ0n) is 15.5. The topological polar surface area (TPSA) is 71.8 Å². The minimum absolute atomic E-state index is 0.172. The van der Waals surface area contributed by atoms with E-state index in [1.807, 2.05) is 0 Å². The second-order valence-electron chi connectivity index (χ2n) is 6.04. The van der Waals surface area contributed by atoms with Gasteiger partial charge in [-0.15, -0.1) is 0 Å². The number of para-hydroxylation sites is 1. The lowest BCUT2D eigenvalue weighted by Gasteiger charge is -2.19. The van der Waals surface area contributed by atoms with Crippen LogP contribution in [0.5, 0.6) is 5.75 Å². The molecule has 3 aromatic rings. The zero-order chi connectivity index (χ0) is 20.8. The molecule has 6 nitrogen and oxygen atoms in total. The van der Waals surface area contributed by atoms with Crippen molar-refractivity contribution < 1.29 is 18.7 Å². The Morgan fingerprint density at radius 1 is 1.10 bits per heavy atom. The Labute approximate surface area is 181 Å². The van der Waals surface area contributed by atoms with Crippen molar-refractivity contribution in [2.24, 2.45) is 0 Å². The molecule has 0 saturated heterocycles. The highest BCUT2D eigenvalue weighted by molar-refractivity contribution is 9.10. The van der Waals surface area contributed by atoms with Gasteiger partial charge >= 0.3 is 0 Å². The number of rotatable bonds is 7. The van der Waals surface area contributed by atoms with Crippen LogP contribution < -0.4 is 15.0 Å². The maximum atomic E-state index is 12.6. The number of nitrogens with zero attached hydrogens (tertiary/aromatic N) is 1. The Morgan fingerprint density at radius 3 is 2.52 bits per heavy atom. The smallest absolute Gasteiger partial charge is 0.293 e. The summed E-state index contributed by atoms with van der Waals surface area (Å²) in [5, 5.41) is 3.43. The summed E-state index contributed by atoms with van der Waals surface area (Å²) in [6.45, 7) is 0.601. The van der Waals surface area contributed by atoms with E-state index in [1.165, 1.54) is 4.90 Å². The number of carbonyl (C=O) groups is 2. The van der Waals surface area contributed by atoms with Crippen molar-refractivity contribution in [1.82, 2.24) is 5.32 Å². The van der Waals surface area contributed by atoms with Crippen molar-refractivity contribution in [1.29, 1.82) is 0 Å². The Morgan fingerprint density at radius 2 is 1.83 bits per heavy atom. The van der Waals surface area contributed by atoms with Crippen LogP contribution in [0, 0.1) is 0 Å². The van der Waals surface area contributed by atoms with Gasteiger partial charge < -0.3 is 19.4 Å². The lowest BCUT2D eigenvalue weighted by Crippen LogP contribution is -2.32. The van der Waals surface area contributed by atoms with E-state index >= 15 is 0 Å². The van der Waals surface area contributed by atoms with E-state index in [0.29, 0.717) is 39.8 Å². The highest BCUT2D eigenvalue weighted by Crippen LogP contribution is 2.23. The monoisotopic (exact) mass is 476 g/mol. The number of ether oxygens (including phenoxy) is 1. The van der Waals surface area contributed by atoms with Crippen LogP contribution in [0.25, 0.3) is 0 Å². The van der Waals surface area contributed by atoms with E-state index in [1.54, 1.807) is 67.7 Å². The summed E-state index contributed by atoms with van der Waals surface area (Å²) in [6.07, 6.45) is 0. The molecule has 8 heteroatoms. The number of carbonyl (C=O) groups excluding carboxylic acids is 2. The molecule has 0 bridgehead atoms. The molecule has 0 radical (unpaired) electrons. The van der Waals surface area contributed by atoms with Gasteiger partial charge in [-0.25, -0.2) is 0 Å². The van der Waals surface area contributed by atoms with Gasteiger partial charge in [0.25, 0.3) is 11.8 Å². The van der Waals surface area contributed by atoms with Gasteiger partial charge in [0.2, 0.25) is 0 Å². The van der Waals surface area contributed by atoms with Gasteiger partial charge in [-0.1, -0.05) is 23.7 Å². The molecule has 1 heterocycles. The molecule has 150 valence electrons. The number of hydrogen-bond acceptors (Lipinski definition) is 4. The summed E-state index contributed by atoms with van der Waals surface area (Å²) in [5.41, 5.74) is 0.849. The van der Waals surface area contributed by atoms with Gasteiger partial charge in [0.1, 0.15) is 12.4 Å². The quantitative estimate of drug-likeness (QED) is 0.497. The number of halogens is 2. The van der Waals surface area contributed by atoms with Crippen molar-refractivity contribution in [3.8, 4) is 5.75 Å². The number of nitrogens with one attached hydrogen (secondary N) is 1. The van der Waals surface area contributed by atoms with Crippen LogP contribution in [0.3, 0.4) is 0 Å². The normalized spacial score (nSPS) is 10.4. The molecule has 3 rings (SSSR count). The van der Waals surface area contributed by atoms with Crippen LogP contribution in [-0.4, -0.2) is 32.0 Å². The molecule has 2 amide bonds. The Balaban J connectivity index is 1.62. The highest BCUT2D eigenvalue weighted by atomic mass is 79.9. The van der Waals surface area contributed by atoms with Crippen LogP contribution in [0.2, 0.25) is 5.02 Å². The van der Waals surface area contributed by atoms with Crippen LogP contribution in [0.1, 0.15) is 20.9 Å². The standard InChI is InChI=1S/C21H18BrClN2O4/c1-25(21(27)18-10-11-19(22)29-18)17-5-3-2-4-16(17)20(26)24-12-13-28-15-8-6-14(23)7-9-15/h2-11H,12-13H2,1H3,(H,24,26). The zero-order valence-corrected chi connectivity index (χ0v) is 17.9. The molecule has 0 spiro atoms. The molecule has 2 aromatic carbocycles. The van der Waals surface area contributed by atoms with E-state index < -0.39 is 0 Å². The Kier molecular flexibility index (Phi) is 6.95. The molecular formula is C21H18BrClN2O4. The van der Waals surface area contributed by atoms with Gasteiger partial charge in [0.15, 0.2) is 10.4 Å².